The molecule has 3 unspecified atom stereocenters. The molecule has 0 fully saturated rings. The Morgan fingerprint density at radius 2 is 1.71 bits per heavy atom. The average molecular weight is 484 g/mol. The number of benzene rings is 2. The average Bonchev–Trinajstić information content (AvgIpc) is 2.81. The summed E-state index contributed by atoms with van der Waals surface area (Å²) in [6.07, 6.45) is -0.518. The van der Waals surface area contributed by atoms with E-state index < -0.39 is 42.3 Å². The monoisotopic (exact) mass is 483 g/mol. The number of carboxylic acid groups (broad SMARTS) is 1. The molecule has 2 aromatic carbocycles. The second-order valence-corrected chi connectivity index (χ2v) is 8.21. The summed E-state index contributed by atoms with van der Waals surface area (Å²) in [5.74, 6) is -1.96. The molecular formula is C24H33N7O4. The predicted octanol–water partition coefficient (Wildman–Crippen LogP) is 1.85. The first-order chi connectivity index (χ1) is 16.6. The van der Waals surface area contributed by atoms with Gasteiger partial charge in [0.2, 0.25) is 5.91 Å². The number of carbonyl (C=O) groups excluding carboxylic acids is 2. The molecule has 8 N–H and O–H groups in total. The number of azo groups is 1. The van der Waals surface area contributed by atoms with Crippen molar-refractivity contribution in [1.82, 2.24) is 16.0 Å². The molecule has 188 valence electrons. The van der Waals surface area contributed by atoms with Crippen molar-refractivity contribution in [3.05, 3.63) is 65.2 Å². The van der Waals surface area contributed by atoms with E-state index in [-0.39, 0.29) is 6.42 Å². The number of rotatable bonds is 11. The van der Waals surface area contributed by atoms with Crippen molar-refractivity contribution in [3.63, 3.8) is 0 Å². The third-order valence-corrected chi connectivity index (χ3v) is 5.32. The lowest BCUT2D eigenvalue weighted by atomic mass is 10.0. The lowest BCUT2D eigenvalue weighted by Gasteiger charge is -2.28. The van der Waals surface area contributed by atoms with E-state index in [1.54, 1.807) is 37.3 Å². The summed E-state index contributed by atoms with van der Waals surface area (Å²) in [4.78, 5) is 37.6. The molecule has 0 aromatic heterocycles. The first-order valence-electron chi connectivity index (χ1n) is 11.2. The maximum Gasteiger partial charge on any atom is 0.360 e. The van der Waals surface area contributed by atoms with Crippen LogP contribution in [0.1, 0.15) is 30.0 Å². The van der Waals surface area contributed by atoms with Gasteiger partial charge < -0.3 is 27.2 Å². The highest BCUT2D eigenvalue weighted by atomic mass is 16.4. The van der Waals surface area contributed by atoms with E-state index in [9.17, 15) is 19.5 Å². The number of amides is 3. The molecule has 35 heavy (non-hydrogen) atoms. The fourth-order valence-corrected chi connectivity index (χ4v) is 3.45. The molecule has 0 saturated heterocycles. The van der Waals surface area contributed by atoms with E-state index in [1.165, 1.54) is 0 Å². The molecule has 0 aliphatic carbocycles. The van der Waals surface area contributed by atoms with E-state index in [1.807, 2.05) is 32.0 Å². The maximum absolute atomic E-state index is 13.1. The van der Waals surface area contributed by atoms with Gasteiger partial charge in [-0.2, -0.15) is 0 Å². The maximum atomic E-state index is 13.1. The molecule has 11 nitrogen and oxygen atoms in total. The van der Waals surface area contributed by atoms with Crippen LogP contribution in [-0.4, -0.2) is 47.4 Å². The van der Waals surface area contributed by atoms with Gasteiger partial charge in [-0.1, -0.05) is 54.5 Å². The van der Waals surface area contributed by atoms with Crippen molar-refractivity contribution in [2.24, 2.45) is 21.7 Å². The molecule has 3 atom stereocenters. The van der Waals surface area contributed by atoms with Crippen LogP contribution in [0.3, 0.4) is 0 Å². The van der Waals surface area contributed by atoms with Crippen molar-refractivity contribution >= 4 is 23.6 Å². The van der Waals surface area contributed by atoms with Crippen molar-refractivity contribution < 1.29 is 19.5 Å². The number of aliphatic carboxylic acids is 1. The van der Waals surface area contributed by atoms with Crippen LogP contribution in [0.2, 0.25) is 0 Å². The van der Waals surface area contributed by atoms with Gasteiger partial charge >= 0.3 is 12.0 Å². The van der Waals surface area contributed by atoms with Gasteiger partial charge in [-0.3, -0.25) is 10.1 Å². The van der Waals surface area contributed by atoms with Crippen molar-refractivity contribution in [2.75, 3.05) is 0 Å². The fraction of sp³-hybridized carbons (Fsp3) is 0.375. The summed E-state index contributed by atoms with van der Waals surface area (Å²) in [7, 11) is 0. The molecule has 0 heterocycles. The number of nitrogens with two attached hydrogens (primary N) is 2. The highest BCUT2D eigenvalue weighted by Crippen LogP contribution is 2.20. The number of hydrogen-bond acceptors (Lipinski definition) is 7. The Labute approximate surface area is 204 Å². The Hall–Kier alpha value is -3.67. The van der Waals surface area contributed by atoms with E-state index >= 15 is 0 Å². The molecule has 0 radical (unpaired) electrons. The van der Waals surface area contributed by atoms with Crippen LogP contribution in [-0.2, 0) is 16.0 Å². The molecule has 0 aliphatic rings. The van der Waals surface area contributed by atoms with E-state index in [2.05, 4.69) is 26.2 Å². The predicted molar refractivity (Wildman–Crippen MR) is 132 cm³/mol. The largest absolute Gasteiger partial charge is 0.480 e. The Balaban J connectivity index is 2.23. The first kappa shape index (κ1) is 27.6. The third-order valence-electron chi connectivity index (χ3n) is 5.32. The number of carbonyl (C=O) groups is 3. The minimum atomic E-state index is -1.33. The number of aryl methyl sites for hydroxylation is 2. The van der Waals surface area contributed by atoms with Crippen LogP contribution in [0.5, 0.6) is 0 Å². The van der Waals surface area contributed by atoms with Gasteiger partial charge in [0.15, 0.2) is 0 Å². The molecule has 0 aliphatic heterocycles. The molecule has 0 bridgehead atoms. The molecule has 2 aromatic rings. The van der Waals surface area contributed by atoms with Crippen LogP contribution in [0, 0.1) is 13.8 Å². The summed E-state index contributed by atoms with van der Waals surface area (Å²) in [5, 5.41) is 25.1. The number of nitrogens with zero attached hydrogens (tertiary/aromatic N) is 2. The quantitative estimate of drug-likeness (QED) is 0.208. The minimum Gasteiger partial charge on any atom is -0.480 e. The standard InChI is InChI=1S/C24H33N7O4/c1-4-17(27-23(25)26)20(22(33)34)29-21(32)19(13-16-8-6-5-7-9-16)28-24(35)31-30-18-12-14(2)10-11-15(18)3/h5-12,17,19-20,23,27H,4,13,25-26H2,1-3H3,(H,28,35)(H,29,32)(H,33,34)/b31-30+. The van der Waals surface area contributed by atoms with Crippen LogP contribution in [0.25, 0.3) is 0 Å². The highest BCUT2D eigenvalue weighted by molar-refractivity contribution is 5.90. The van der Waals surface area contributed by atoms with Gasteiger partial charge in [0, 0.05) is 12.5 Å². The van der Waals surface area contributed by atoms with Crippen LogP contribution in [0.4, 0.5) is 10.5 Å². The highest BCUT2D eigenvalue weighted by Gasteiger charge is 2.32. The molecule has 11 heteroatoms. The van der Waals surface area contributed by atoms with Crippen LogP contribution < -0.4 is 27.4 Å². The Kier molecular flexibility index (Phi) is 10.5. The van der Waals surface area contributed by atoms with E-state index in [4.69, 9.17) is 11.5 Å². The molecule has 0 saturated carbocycles. The van der Waals surface area contributed by atoms with Crippen molar-refractivity contribution in [3.8, 4) is 0 Å². The number of carboxylic acids is 1. The van der Waals surface area contributed by atoms with Crippen molar-refractivity contribution in [2.45, 2.75) is 58.0 Å². The molecule has 3 amide bonds. The second kappa shape index (κ2) is 13.3. The van der Waals surface area contributed by atoms with Gasteiger partial charge in [-0.05, 0) is 43.0 Å². The summed E-state index contributed by atoms with van der Waals surface area (Å²) < 4.78 is 0. The van der Waals surface area contributed by atoms with Gasteiger partial charge in [0.25, 0.3) is 0 Å². The zero-order valence-electron chi connectivity index (χ0n) is 20.1. The fourth-order valence-electron chi connectivity index (χ4n) is 3.45. The van der Waals surface area contributed by atoms with Gasteiger partial charge in [-0.25, -0.2) is 9.59 Å². The van der Waals surface area contributed by atoms with Crippen LogP contribution >= 0.6 is 0 Å². The summed E-state index contributed by atoms with van der Waals surface area (Å²) in [6.45, 7) is 5.47. The third kappa shape index (κ3) is 8.89. The van der Waals surface area contributed by atoms with Gasteiger partial charge in [0.05, 0.1) is 5.69 Å². The van der Waals surface area contributed by atoms with Gasteiger partial charge in [-0.15, -0.1) is 5.11 Å². The normalized spacial score (nSPS) is 13.9. The first-order valence-corrected chi connectivity index (χ1v) is 11.2. The SMILES string of the molecule is CCC(NC(N)N)C(NC(=O)C(Cc1ccccc1)NC(=O)/N=N/c1cc(C)ccc1C)C(=O)O. The lowest BCUT2D eigenvalue weighted by Crippen LogP contribution is -2.62. The molecule has 0 spiro atoms. The topological polar surface area (TPSA) is 184 Å². The number of nitrogens with one attached hydrogen (secondary N) is 3. The van der Waals surface area contributed by atoms with E-state index in [0.717, 1.165) is 16.7 Å². The Morgan fingerprint density at radius 1 is 1.03 bits per heavy atom. The van der Waals surface area contributed by atoms with E-state index in [0.29, 0.717) is 12.1 Å². The smallest absolute Gasteiger partial charge is 0.360 e. The van der Waals surface area contributed by atoms with Gasteiger partial charge in [0.1, 0.15) is 18.4 Å². The zero-order chi connectivity index (χ0) is 26.0. The molecular weight excluding hydrogens is 450 g/mol. The molecule has 2 rings (SSSR count). The Bertz CT molecular complexity index is 1040. The van der Waals surface area contributed by atoms with Crippen molar-refractivity contribution in [1.29, 1.82) is 0 Å². The second-order valence-electron chi connectivity index (χ2n) is 8.21. The summed E-state index contributed by atoms with van der Waals surface area (Å²) >= 11 is 0. The zero-order valence-corrected chi connectivity index (χ0v) is 20.1. The number of urea groups is 1. The summed E-state index contributed by atoms with van der Waals surface area (Å²) in [5.41, 5.74) is 14.2. The lowest BCUT2D eigenvalue weighted by molar-refractivity contribution is -0.143. The minimum absolute atomic E-state index is 0.115. The summed E-state index contributed by atoms with van der Waals surface area (Å²) in [6, 6.07) is 10.6. The van der Waals surface area contributed by atoms with Crippen LogP contribution in [0.15, 0.2) is 58.8 Å². The Morgan fingerprint density at radius 3 is 2.31 bits per heavy atom. The number of hydrogen-bond donors (Lipinski definition) is 6.